The molecule has 0 spiro atoms. The molecule has 1 atom stereocenters. The molecule has 1 saturated heterocycles. The van der Waals surface area contributed by atoms with Gasteiger partial charge in [0.2, 0.25) is 0 Å². The smallest absolute Gasteiger partial charge is 0.341 e. The molecule has 1 aromatic heterocycles. The number of para-hydroxylation sites is 1. The highest BCUT2D eigenvalue weighted by Gasteiger charge is 2.27. The number of likely N-dealkylation sites (tertiary alicyclic amines) is 1. The summed E-state index contributed by atoms with van der Waals surface area (Å²) in [5.41, 5.74) is 2.28. The minimum atomic E-state index is -0.966. The molecule has 0 radical (unpaired) electrons. The van der Waals surface area contributed by atoms with E-state index in [4.69, 9.17) is 9.84 Å². The standard InChI is InChI=1S/C20H25N3O3/c1-22(2)19-12-15(9-10-21-19)17-7-5-11-23(17)13-16-6-3-4-8-18(16)26-14-20(24)25/h3-4,6,8-10,12,17H,5,7,11,13-14H2,1-2H3,(H,24,25). The molecule has 0 amide bonds. The third kappa shape index (κ3) is 4.32. The van der Waals surface area contributed by atoms with Crippen molar-refractivity contribution >= 4 is 11.8 Å². The van der Waals surface area contributed by atoms with Gasteiger partial charge in [0.1, 0.15) is 11.6 Å². The van der Waals surface area contributed by atoms with Crippen molar-refractivity contribution in [1.82, 2.24) is 9.88 Å². The molecule has 0 bridgehead atoms. The largest absolute Gasteiger partial charge is 0.482 e. The fourth-order valence-corrected chi connectivity index (χ4v) is 3.41. The summed E-state index contributed by atoms with van der Waals surface area (Å²) in [6.45, 7) is 1.43. The van der Waals surface area contributed by atoms with E-state index in [0.717, 1.165) is 37.3 Å². The van der Waals surface area contributed by atoms with Crippen LogP contribution < -0.4 is 9.64 Å². The van der Waals surface area contributed by atoms with E-state index in [-0.39, 0.29) is 6.61 Å². The van der Waals surface area contributed by atoms with Crippen molar-refractivity contribution in [1.29, 1.82) is 0 Å². The van der Waals surface area contributed by atoms with Crippen molar-refractivity contribution in [3.8, 4) is 5.75 Å². The average Bonchev–Trinajstić information content (AvgIpc) is 3.09. The molecule has 138 valence electrons. The molecule has 2 heterocycles. The number of benzene rings is 1. The Labute approximate surface area is 154 Å². The average molecular weight is 355 g/mol. The number of aromatic nitrogens is 1. The number of anilines is 1. The lowest BCUT2D eigenvalue weighted by molar-refractivity contribution is -0.139. The van der Waals surface area contributed by atoms with Crippen LogP contribution in [0.1, 0.15) is 30.0 Å². The van der Waals surface area contributed by atoms with Crippen LogP contribution in [-0.2, 0) is 11.3 Å². The fourth-order valence-electron chi connectivity index (χ4n) is 3.41. The summed E-state index contributed by atoms with van der Waals surface area (Å²) in [4.78, 5) is 19.7. The van der Waals surface area contributed by atoms with Crippen molar-refractivity contribution in [2.24, 2.45) is 0 Å². The van der Waals surface area contributed by atoms with Gasteiger partial charge in [-0.3, -0.25) is 4.90 Å². The molecule has 0 saturated carbocycles. The maximum Gasteiger partial charge on any atom is 0.341 e. The number of aliphatic carboxylic acids is 1. The monoisotopic (exact) mass is 355 g/mol. The van der Waals surface area contributed by atoms with Gasteiger partial charge in [-0.05, 0) is 43.1 Å². The number of nitrogens with zero attached hydrogens (tertiary/aromatic N) is 3. The van der Waals surface area contributed by atoms with Crippen molar-refractivity contribution in [3.63, 3.8) is 0 Å². The van der Waals surface area contributed by atoms with E-state index >= 15 is 0 Å². The molecule has 0 aliphatic carbocycles. The summed E-state index contributed by atoms with van der Waals surface area (Å²) in [7, 11) is 3.99. The zero-order chi connectivity index (χ0) is 18.5. The SMILES string of the molecule is CN(C)c1cc(C2CCCN2Cc2ccccc2OCC(=O)O)ccn1. The highest BCUT2D eigenvalue weighted by molar-refractivity contribution is 5.68. The van der Waals surface area contributed by atoms with Gasteiger partial charge in [-0.2, -0.15) is 0 Å². The summed E-state index contributed by atoms with van der Waals surface area (Å²) >= 11 is 0. The second-order valence-electron chi connectivity index (χ2n) is 6.76. The second-order valence-corrected chi connectivity index (χ2v) is 6.76. The molecule has 1 N–H and O–H groups in total. The molecule has 1 fully saturated rings. The van der Waals surface area contributed by atoms with Crippen LogP contribution in [0.15, 0.2) is 42.6 Å². The maximum absolute atomic E-state index is 10.8. The molecule has 26 heavy (non-hydrogen) atoms. The van der Waals surface area contributed by atoms with Crippen LogP contribution >= 0.6 is 0 Å². The van der Waals surface area contributed by atoms with Crippen molar-refractivity contribution in [3.05, 3.63) is 53.7 Å². The number of hydrogen-bond acceptors (Lipinski definition) is 5. The van der Waals surface area contributed by atoms with Crippen LogP contribution in [0.4, 0.5) is 5.82 Å². The highest BCUT2D eigenvalue weighted by Crippen LogP contribution is 2.35. The van der Waals surface area contributed by atoms with Crippen LogP contribution in [-0.4, -0.2) is 48.2 Å². The summed E-state index contributed by atoms with van der Waals surface area (Å²) in [6.07, 6.45) is 4.11. The molecule has 2 aromatic rings. The summed E-state index contributed by atoms with van der Waals surface area (Å²) in [6, 6.07) is 12.2. The van der Waals surface area contributed by atoms with Gasteiger partial charge in [-0.25, -0.2) is 9.78 Å². The maximum atomic E-state index is 10.8. The Morgan fingerprint density at radius 1 is 1.35 bits per heavy atom. The summed E-state index contributed by atoms with van der Waals surface area (Å²) in [5.74, 6) is 0.635. The zero-order valence-corrected chi connectivity index (χ0v) is 15.3. The van der Waals surface area contributed by atoms with Gasteiger partial charge in [0, 0.05) is 38.4 Å². The first-order chi connectivity index (χ1) is 12.5. The van der Waals surface area contributed by atoms with E-state index in [1.807, 2.05) is 49.5 Å². The Kier molecular flexibility index (Phi) is 5.73. The normalized spacial score (nSPS) is 17.2. The highest BCUT2D eigenvalue weighted by atomic mass is 16.5. The Morgan fingerprint density at radius 3 is 2.92 bits per heavy atom. The fraction of sp³-hybridized carbons (Fsp3) is 0.400. The van der Waals surface area contributed by atoms with Gasteiger partial charge < -0.3 is 14.7 Å². The van der Waals surface area contributed by atoms with Crippen LogP contribution in [0.3, 0.4) is 0 Å². The third-order valence-electron chi connectivity index (χ3n) is 4.67. The van der Waals surface area contributed by atoms with E-state index in [2.05, 4.69) is 22.0 Å². The van der Waals surface area contributed by atoms with Crippen LogP contribution in [0.2, 0.25) is 0 Å². The van der Waals surface area contributed by atoms with E-state index in [1.54, 1.807) is 0 Å². The molecular weight excluding hydrogens is 330 g/mol. The van der Waals surface area contributed by atoms with Gasteiger partial charge in [-0.15, -0.1) is 0 Å². The molecule has 1 aliphatic rings. The first-order valence-electron chi connectivity index (χ1n) is 8.84. The number of rotatable bonds is 7. The molecule has 1 aromatic carbocycles. The molecular formula is C20H25N3O3. The number of carboxylic acid groups (broad SMARTS) is 1. The molecule has 3 rings (SSSR count). The lowest BCUT2D eigenvalue weighted by Gasteiger charge is -2.26. The molecule has 1 unspecified atom stereocenters. The summed E-state index contributed by atoms with van der Waals surface area (Å²) < 4.78 is 5.46. The van der Waals surface area contributed by atoms with E-state index in [9.17, 15) is 4.79 Å². The van der Waals surface area contributed by atoms with Gasteiger partial charge in [0.05, 0.1) is 0 Å². The summed E-state index contributed by atoms with van der Waals surface area (Å²) in [5, 5.41) is 8.87. The van der Waals surface area contributed by atoms with Crippen LogP contribution in [0.5, 0.6) is 5.75 Å². The molecule has 6 heteroatoms. The zero-order valence-electron chi connectivity index (χ0n) is 15.3. The van der Waals surface area contributed by atoms with Gasteiger partial charge >= 0.3 is 5.97 Å². The van der Waals surface area contributed by atoms with Gasteiger partial charge in [0.15, 0.2) is 6.61 Å². The Morgan fingerprint density at radius 2 is 2.15 bits per heavy atom. The van der Waals surface area contributed by atoms with Crippen LogP contribution in [0, 0.1) is 0 Å². The number of ether oxygens (including phenoxy) is 1. The predicted octanol–water partition coefficient (Wildman–Crippen LogP) is 2.95. The quantitative estimate of drug-likeness (QED) is 0.824. The van der Waals surface area contributed by atoms with Gasteiger partial charge in [-0.1, -0.05) is 18.2 Å². The van der Waals surface area contributed by atoms with Crippen molar-refractivity contribution < 1.29 is 14.6 Å². The first-order valence-corrected chi connectivity index (χ1v) is 8.84. The lowest BCUT2D eigenvalue weighted by atomic mass is 10.0. The number of carbonyl (C=O) groups is 1. The Hall–Kier alpha value is -2.60. The third-order valence-corrected chi connectivity index (χ3v) is 4.67. The minimum Gasteiger partial charge on any atom is -0.482 e. The lowest BCUT2D eigenvalue weighted by Crippen LogP contribution is -2.24. The second kappa shape index (κ2) is 8.19. The van der Waals surface area contributed by atoms with Crippen molar-refractivity contribution in [2.45, 2.75) is 25.4 Å². The first kappa shape index (κ1) is 18.2. The molecule has 6 nitrogen and oxygen atoms in total. The van der Waals surface area contributed by atoms with E-state index in [1.165, 1.54) is 5.56 Å². The van der Waals surface area contributed by atoms with E-state index in [0.29, 0.717) is 11.8 Å². The predicted molar refractivity (Wildman–Crippen MR) is 101 cm³/mol. The van der Waals surface area contributed by atoms with Crippen molar-refractivity contribution in [2.75, 3.05) is 32.1 Å². The molecule has 1 aliphatic heterocycles. The minimum absolute atomic E-state index is 0.322. The number of hydrogen-bond donors (Lipinski definition) is 1. The Balaban J connectivity index is 1.77. The van der Waals surface area contributed by atoms with Gasteiger partial charge in [0.25, 0.3) is 0 Å². The number of pyridine rings is 1. The van der Waals surface area contributed by atoms with Crippen LogP contribution in [0.25, 0.3) is 0 Å². The van der Waals surface area contributed by atoms with E-state index < -0.39 is 5.97 Å². The number of carboxylic acids is 1. The topological polar surface area (TPSA) is 65.9 Å². The Bertz CT molecular complexity index is 763.